The smallest absolute Gasteiger partial charge is 0.259 e. The maximum absolute atomic E-state index is 13.4. The van der Waals surface area contributed by atoms with Crippen molar-refractivity contribution in [1.29, 1.82) is 0 Å². The Morgan fingerprint density at radius 1 is 1.16 bits per heavy atom. The van der Waals surface area contributed by atoms with Crippen LogP contribution in [0.5, 0.6) is 5.75 Å². The van der Waals surface area contributed by atoms with Crippen molar-refractivity contribution in [3.05, 3.63) is 52.9 Å². The number of amides is 1. The summed E-state index contributed by atoms with van der Waals surface area (Å²) in [6.45, 7) is 7.19. The topological polar surface area (TPSA) is 113 Å². The number of nitrogens with zero attached hydrogens (tertiary/aromatic N) is 5. The molecule has 0 radical (unpaired) electrons. The number of aliphatic hydroxyl groups is 1. The molecule has 3 aromatic heterocycles. The van der Waals surface area contributed by atoms with E-state index in [1.165, 1.54) is 11.3 Å². The second kappa shape index (κ2) is 10.4. The number of aryl methyl sites for hydroxylation is 1. The summed E-state index contributed by atoms with van der Waals surface area (Å²) >= 11 is 7.53. The average Bonchev–Trinajstić information content (AvgIpc) is 3.29. The number of anilines is 2. The summed E-state index contributed by atoms with van der Waals surface area (Å²) in [5.41, 5.74) is 2.26. The number of methoxy groups -OCH3 is 1. The zero-order chi connectivity index (χ0) is 27.0. The summed E-state index contributed by atoms with van der Waals surface area (Å²) in [5, 5.41) is 14.1. The third kappa shape index (κ3) is 5.43. The van der Waals surface area contributed by atoms with Gasteiger partial charge in [-0.25, -0.2) is 9.97 Å². The first-order chi connectivity index (χ1) is 18.1. The zero-order valence-corrected chi connectivity index (χ0v) is 23.2. The van der Waals surface area contributed by atoms with Gasteiger partial charge in [0.25, 0.3) is 5.91 Å². The number of nitrogens with one attached hydrogen (secondary N) is 1. The van der Waals surface area contributed by atoms with Crippen LogP contribution in [-0.4, -0.2) is 56.7 Å². The Labute approximate surface area is 229 Å². The van der Waals surface area contributed by atoms with Crippen molar-refractivity contribution in [1.82, 2.24) is 19.9 Å². The molecule has 5 rings (SSSR count). The maximum Gasteiger partial charge on any atom is 0.259 e. The van der Waals surface area contributed by atoms with Crippen LogP contribution in [0.1, 0.15) is 42.7 Å². The minimum atomic E-state index is -0.683. The monoisotopic (exact) mass is 552 g/mol. The lowest BCUT2D eigenvalue weighted by atomic mass is 9.83. The SMILES string of the molecule is COc1ccc(Cl)cc1-c1cc(C)ncc1C(=O)Nc1nc2ncc(N3CCC(C(C)(C)O)CC3)nc2s1. The van der Waals surface area contributed by atoms with Crippen molar-refractivity contribution in [2.24, 2.45) is 5.92 Å². The first kappa shape index (κ1) is 26.3. The molecule has 1 aliphatic rings. The Kier molecular flexibility index (Phi) is 7.21. The Bertz CT molecular complexity index is 1490. The molecule has 0 saturated carbocycles. The third-order valence-electron chi connectivity index (χ3n) is 6.89. The van der Waals surface area contributed by atoms with Crippen LogP contribution in [0.25, 0.3) is 21.6 Å². The van der Waals surface area contributed by atoms with Crippen LogP contribution in [0.3, 0.4) is 0 Å². The Hall–Kier alpha value is -3.34. The molecule has 198 valence electrons. The van der Waals surface area contributed by atoms with Crippen LogP contribution in [0.15, 0.2) is 36.7 Å². The molecule has 1 fully saturated rings. The van der Waals surface area contributed by atoms with Crippen LogP contribution < -0.4 is 15.0 Å². The number of hydrogen-bond donors (Lipinski definition) is 2. The van der Waals surface area contributed by atoms with Gasteiger partial charge in [0.15, 0.2) is 15.6 Å². The second-order valence-electron chi connectivity index (χ2n) is 9.96. The van der Waals surface area contributed by atoms with Crippen LogP contribution >= 0.6 is 22.9 Å². The number of benzene rings is 1. The van der Waals surface area contributed by atoms with Crippen molar-refractivity contribution in [3.63, 3.8) is 0 Å². The molecule has 4 heterocycles. The van der Waals surface area contributed by atoms with E-state index >= 15 is 0 Å². The van der Waals surface area contributed by atoms with Gasteiger partial charge in [-0.15, -0.1) is 0 Å². The highest BCUT2D eigenvalue weighted by Gasteiger charge is 2.31. The number of carbonyl (C=O) groups excluding carboxylic acids is 1. The van der Waals surface area contributed by atoms with Gasteiger partial charge in [0.1, 0.15) is 11.6 Å². The number of hydrogen-bond acceptors (Lipinski definition) is 9. The van der Waals surface area contributed by atoms with Crippen LogP contribution in [0.4, 0.5) is 10.9 Å². The number of thiazole rings is 1. The lowest BCUT2D eigenvalue weighted by Crippen LogP contribution is -2.42. The van der Waals surface area contributed by atoms with Crippen molar-refractivity contribution in [2.45, 2.75) is 39.2 Å². The normalized spacial score (nSPS) is 14.6. The Balaban J connectivity index is 1.38. The number of halogens is 1. The highest BCUT2D eigenvalue weighted by Crippen LogP contribution is 2.36. The predicted octanol–water partition coefficient (Wildman–Crippen LogP) is 5.36. The molecule has 0 atom stereocenters. The van der Waals surface area contributed by atoms with Gasteiger partial charge in [0.05, 0.1) is 24.5 Å². The first-order valence-corrected chi connectivity index (χ1v) is 13.5. The number of ether oxygens (including phenoxy) is 1. The van der Waals surface area contributed by atoms with Crippen LogP contribution in [0, 0.1) is 12.8 Å². The van der Waals surface area contributed by atoms with E-state index in [-0.39, 0.29) is 11.8 Å². The fourth-order valence-corrected chi connectivity index (χ4v) is 5.71. The number of rotatable bonds is 6. The van der Waals surface area contributed by atoms with Crippen molar-refractivity contribution in [2.75, 3.05) is 30.4 Å². The molecule has 0 aliphatic carbocycles. The summed E-state index contributed by atoms with van der Waals surface area (Å²) in [6.07, 6.45) is 5.03. The molecular weight excluding hydrogens is 524 g/mol. The van der Waals surface area contributed by atoms with E-state index in [1.807, 2.05) is 26.8 Å². The summed E-state index contributed by atoms with van der Waals surface area (Å²) in [7, 11) is 1.57. The predicted molar refractivity (Wildman–Crippen MR) is 150 cm³/mol. The van der Waals surface area contributed by atoms with E-state index in [0.717, 1.165) is 37.4 Å². The highest BCUT2D eigenvalue weighted by atomic mass is 35.5. The van der Waals surface area contributed by atoms with Gasteiger partial charge in [-0.1, -0.05) is 22.9 Å². The Morgan fingerprint density at radius 3 is 2.63 bits per heavy atom. The molecule has 9 nitrogen and oxygen atoms in total. The van der Waals surface area contributed by atoms with E-state index in [1.54, 1.807) is 37.7 Å². The maximum atomic E-state index is 13.4. The van der Waals surface area contributed by atoms with Crippen LogP contribution in [0.2, 0.25) is 5.02 Å². The lowest BCUT2D eigenvalue weighted by Gasteiger charge is -2.38. The summed E-state index contributed by atoms with van der Waals surface area (Å²) in [4.78, 5) is 34.2. The molecular formula is C27H29ClN6O3S. The van der Waals surface area contributed by atoms with Gasteiger partial charge in [-0.2, -0.15) is 4.98 Å². The van der Waals surface area contributed by atoms with E-state index in [4.69, 9.17) is 21.3 Å². The molecule has 1 saturated heterocycles. The van der Waals surface area contributed by atoms with Gasteiger partial charge < -0.3 is 14.7 Å². The average molecular weight is 553 g/mol. The number of fused-ring (bicyclic) bond motifs is 1. The summed E-state index contributed by atoms with van der Waals surface area (Å²) < 4.78 is 5.52. The number of aromatic nitrogens is 4. The number of pyridine rings is 1. The molecule has 1 aliphatic heterocycles. The minimum absolute atomic E-state index is 0.258. The molecule has 4 aromatic rings. The number of carbonyl (C=O) groups is 1. The Morgan fingerprint density at radius 2 is 1.92 bits per heavy atom. The molecule has 0 bridgehead atoms. The summed E-state index contributed by atoms with van der Waals surface area (Å²) in [6, 6.07) is 7.11. The van der Waals surface area contributed by atoms with Gasteiger partial charge in [-0.3, -0.25) is 15.1 Å². The fourth-order valence-electron chi connectivity index (χ4n) is 4.75. The lowest BCUT2D eigenvalue weighted by molar-refractivity contribution is 0.00645. The van der Waals surface area contributed by atoms with Gasteiger partial charge in [0.2, 0.25) is 0 Å². The first-order valence-electron chi connectivity index (χ1n) is 12.3. The third-order valence-corrected chi connectivity index (χ3v) is 7.97. The molecule has 1 aromatic carbocycles. The van der Waals surface area contributed by atoms with Crippen molar-refractivity contribution in [3.8, 4) is 16.9 Å². The second-order valence-corrected chi connectivity index (χ2v) is 11.4. The molecule has 0 unspecified atom stereocenters. The minimum Gasteiger partial charge on any atom is -0.496 e. The van der Waals surface area contributed by atoms with E-state index < -0.39 is 5.60 Å². The van der Waals surface area contributed by atoms with E-state index in [2.05, 4.69) is 25.2 Å². The van der Waals surface area contributed by atoms with Gasteiger partial charge in [-0.05, 0) is 63.8 Å². The van der Waals surface area contributed by atoms with Crippen molar-refractivity contribution < 1.29 is 14.6 Å². The molecule has 1 amide bonds. The van der Waals surface area contributed by atoms with E-state index in [0.29, 0.717) is 43.1 Å². The zero-order valence-electron chi connectivity index (χ0n) is 21.7. The van der Waals surface area contributed by atoms with Gasteiger partial charge in [0, 0.05) is 41.1 Å². The highest BCUT2D eigenvalue weighted by molar-refractivity contribution is 7.21. The van der Waals surface area contributed by atoms with Crippen LogP contribution in [-0.2, 0) is 0 Å². The van der Waals surface area contributed by atoms with Gasteiger partial charge >= 0.3 is 0 Å². The standard InChI is InChI=1S/C27H29ClN6O3S/c1-15-11-18(19-12-17(28)5-6-21(19)37-4)20(13-29-15)24(35)33-26-32-23-25(38-26)31-22(14-30-23)34-9-7-16(8-10-34)27(2,3)36/h5-6,11-14,16,36H,7-10H2,1-4H3,(H,30,32,33,35). The molecule has 0 spiro atoms. The molecule has 11 heteroatoms. The largest absolute Gasteiger partial charge is 0.496 e. The number of piperidine rings is 1. The van der Waals surface area contributed by atoms with E-state index in [9.17, 15) is 9.90 Å². The quantitative estimate of drug-likeness (QED) is 0.329. The molecule has 38 heavy (non-hydrogen) atoms. The van der Waals surface area contributed by atoms with Crippen molar-refractivity contribution >= 4 is 50.3 Å². The molecule has 2 N–H and O–H groups in total. The summed E-state index contributed by atoms with van der Waals surface area (Å²) in [5.74, 6) is 1.27. The fraction of sp³-hybridized carbons (Fsp3) is 0.370.